The molecule has 9 heteroatoms. The van der Waals surface area contributed by atoms with Crippen LogP contribution in [0.3, 0.4) is 0 Å². The Morgan fingerprint density at radius 1 is 0.463 bits per heavy atom. The van der Waals surface area contributed by atoms with Crippen LogP contribution in [0.1, 0.15) is 158 Å². The summed E-state index contributed by atoms with van der Waals surface area (Å²) in [4.78, 5) is 15.9. The Bertz CT molecular complexity index is 1830. The van der Waals surface area contributed by atoms with Gasteiger partial charge < -0.3 is 29.6 Å². The number of hydrogen-bond donors (Lipinski definition) is 3. The van der Waals surface area contributed by atoms with Gasteiger partial charge in [-0.25, -0.2) is 0 Å². The molecule has 0 fully saturated rings. The fourth-order valence-corrected chi connectivity index (χ4v) is 6.33. The van der Waals surface area contributed by atoms with Crippen LogP contribution in [0, 0.1) is 0 Å². The van der Waals surface area contributed by atoms with Crippen molar-refractivity contribution in [1.82, 2.24) is 5.06 Å². The van der Waals surface area contributed by atoms with E-state index in [4.69, 9.17) is 19.3 Å². The first kappa shape index (κ1) is 42.3. The molecule has 0 aromatic heterocycles. The average molecular weight is 744 g/mol. The standard InChI is InChI=1S/C45H65N3O6/c1-40(2,3)29-19-26(20-30(35(29)49)41(4,5)6)52-38-46-25-48(54-28-23-33(44(13,14)15)37(51)34(24-28)45(16,17)18)39(47-38)53-27-21-31(42(7,8)9)36(50)32(22-27)43(10,11)12/h19-25,39,49-51H,1-18H3. The van der Waals surface area contributed by atoms with Crippen molar-refractivity contribution < 1.29 is 29.6 Å². The topological polar surface area (TPSA) is 116 Å². The Morgan fingerprint density at radius 3 is 1.07 bits per heavy atom. The zero-order chi connectivity index (χ0) is 41.1. The van der Waals surface area contributed by atoms with Gasteiger partial charge in [-0.05, 0) is 68.9 Å². The quantitative estimate of drug-likeness (QED) is 0.238. The Labute approximate surface area is 324 Å². The SMILES string of the molecule is CC(C)(C)c1cc(OC2=NC(Oc3cc(C(C)(C)C)c(O)c(C(C)(C)C)c3)N(Oc3cc(C(C)(C)C)c(O)c(C(C)(C)C)c3)C=N2)cc(C(C)(C)C)c1O. The molecule has 0 saturated heterocycles. The van der Waals surface area contributed by atoms with Gasteiger partial charge in [0.05, 0.1) is 0 Å². The summed E-state index contributed by atoms with van der Waals surface area (Å²) < 4.78 is 13.0. The van der Waals surface area contributed by atoms with Gasteiger partial charge in [0, 0.05) is 33.4 Å². The maximum absolute atomic E-state index is 11.4. The van der Waals surface area contributed by atoms with Crippen LogP contribution in [-0.4, -0.2) is 39.1 Å². The lowest BCUT2D eigenvalue weighted by Crippen LogP contribution is -2.43. The van der Waals surface area contributed by atoms with Gasteiger partial charge in [-0.3, -0.25) is 0 Å². The minimum Gasteiger partial charge on any atom is -0.507 e. The monoisotopic (exact) mass is 743 g/mol. The highest BCUT2D eigenvalue weighted by Gasteiger charge is 2.33. The molecule has 296 valence electrons. The van der Waals surface area contributed by atoms with Gasteiger partial charge in [0.1, 0.15) is 35.1 Å². The van der Waals surface area contributed by atoms with E-state index < -0.39 is 17.2 Å². The third-order valence-electron chi connectivity index (χ3n) is 9.48. The number of ether oxygens (including phenoxy) is 2. The van der Waals surface area contributed by atoms with Gasteiger partial charge in [-0.15, -0.1) is 5.06 Å². The molecule has 3 N–H and O–H groups in total. The molecule has 1 unspecified atom stereocenters. The summed E-state index contributed by atoms with van der Waals surface area (Å²) in [5.41, 5.74) is 2.16. The normalized spacial score (nSPS) is 16.0. The molecule has 0 aliphatic carbocycles. The van der Waals surface area contributed by atoms with Crippen molar-refractivity contribution in [3.05, 3.63) is 69.8 Å². The van der Waals surface area contributed by atoms with Gasteiger partial charge in [0.2, 0.25) is 0 Å². The zero-order valence-electron chi connectivity index (χ0n) is 36.0. The van der Waals surface area contributed by atoms with Crippen molar-refractivity contribution >= 4 is 12.4 Å². The molecule has 1 aliphatic heterocycles. The molecule has 0 bridgehead atoms. The number of rotatable bonds is 5. The lowest BCUT2D eigenvalue weighted by Gasteiger charge is -2.32. The van der Waals surface area contributed by atoms with Gasteiger partial charge >= 0.3 is 12.4 Å². The minimum absolute atomic E-state index is 0.0348. The van der Waals surface area contributed by atoms with E-state index in [1.807, 2.05) is 161 Å². The maximum atomic E-state index is 11.4. The first-order chi connectivity index (χ1) is 24.3. The summed E-state index contributed by atoms with van der Waals surface area (Å²) >= 11 is 0. The van der Waals surface area contributed by atoms with Crippen LogP contribution in [0.4, 0.5) is 0 Å². The molecule has 54 heavy (non-hydrogen) atoms. The van der Waals surface area contributed by atoms with Gasteiger partial charge in [0.25, 0.3) is 0 Å². The molecule has 1 aliphatic rings. The third kappa shape index (κ3) is 9.45. The Balaban J connectivity index is 1.88. The number of amidine groups is 1. The first-order valence-corrected chi connectivity index (χ1v) is 18.8. The highest BCUT2D eigenvalue weighted by atomic mass is 16.7. The minimum atomic E-state index is -1.12. The summed E-state index contributed by atoms with van der Waals surface area (Å²) in [5, 5.41) is 35.5. The molecule has 4 rings (SSSR count). The van der Waals surface area contributed by atoms with Crippen molar-refractivity contribution in [3.8, 4) is 34.5 Å². The predicted molar refractivity (Wildman–Crippen MR) is 220 cm³/mol. The lowest BCUT2D eigenvalue weighted by molar-refractivity contribution is -0.0934. The first-order valence-electron chi connectivity index (χ1n) is 18.8. The van der Waals surface area contributed by atoms with Gasteiger partial charge in [-0.1, -0.05) is 125 Å². The highest BCUT2D eigenvalue weighted by molar-refractivity contribution is 5.86. The van der Waals surface area contributed by atoms with E-state index in [0.717, 1.165) is 33.4 Å². The second-order valence-electron chi connectivity index (χ2n) is 20.8. The van der Waals surface area contributed by atoms with Crippen LogP contribution < -0.4 is 14.3 Å². The fraction of sp³-hybridized carbons (Fsp3) is 0.556. The van der Waals surface area contributed by atoms with E-state index in [0.29, 0.717) is 17.2 Å². The third-order valence-corrected chi connectivity index (χ3v) is 9.48. The van der Waals surface area contributed by atoms with Gasteiger partial charge in [-0.2, -0.15) is 9.98 Å². The molecule has 1 atom stereocenters. The van der Waals surface area contributed by atoms with Crippen LogP contribution in [0.15, 0.2) is 46.4 Å². The molecule has 0 saturated carbocycles. The number of phenolic OH excluding ortho intramolecular Hbond substituents is 3. The van der Waals surface area contributed by atoms with E-state index in [9.17, 15) is 15.3 Å². The average Bonchev–Trinajstić information content (AvgIpc) is 2.97. The second kappa shape index (κ2) is 14.0. The zero-order valence-corrected chi connectivity index (χ0v) is 36.0. The number of hydroxylamine groups is 2. The van der Waals surface area contributed by atoms with Crippen LogP contribution in [0.5, 0.6) is 34.5 Å². The molecule has 0 radical (unpaired) electrons. The molecule has 0 amide bonds. The van der Waals surface area contributed by atoms with Gasteiger partial charge in [0.15, 0.2) is 5.75 Å². The summed E-state index contributed by atoms with van der Waals surface area (Å²) in [7, 11) is 0. The van der Waals surface area contributed by atoms with E-state index in [2.05, 4.69) is 4.99 Å². The number of hydrogen-bond acceptors (Lipinski definition) is 9. The number of benzene rings is 3. The summed E-state index contributed by atoms with van der Waals surface area (Å²) in [6.07, 6.45) is 0.354. The Morgan fingerprint density at radius 2 is 0.759 bits per heavy atom. The van der Waals surface area contributed by atoms with Crippen LogP contribution in [0.25, 0.3) is 0 Å². The Kier molecular flexibility index (Phi) is 11.0. The van der Waals surface area contributed by atoms with Crippen molar-refractivity contribution in [2.45, 2.75) is 163 Å². The lowest BCUT2D eigenvalue weighted by atomic mass is 9.79. The summed E-state index contributed by atoms with van der Waals surface area (Å²) in [5.74, 6) is 2.14. The van der Waals surface area contributed by atoms with Crippen molar-refractivity contribution in [1.29, 1.82) is 0 Å². The molecular weight excluding hydrogens is 679 g/mol. The molecule has 3 aromatic carbocycles. The largest absolute Gasteiger partial charge is 0.507 e. The molecule has 3 aromatic rings. The smallest absolute Gasteiger partial charge is 0.323 e. The summed E-state index contributed by atoms with van der Waals surface area (Å²) in [6.45, 7) is 36.8. The van der Waals surface area contributed by atoms with Crippen LogP contribution in [-0.2, 0) is 32.5 Å². The predicted octanol–water partition coefficient (Wildman–Crippen LogP) is 11.0. The van der Waals surface area contributed by atoms with Crippen molar-refractivity contribution in [2.75, 3.05) is 0 Å². The Hall–Kier alpha value is -4.40. The van der Waals surface area contributed by atoms with E-state index >= 15 is 0 Å². The molecule has 9 nitrogen and oxygen atoms in total. The highest BCUT2D eigenvalue weighted by Crippen LogP contribution is 2.45. The number of aromatic hydroxyl groups is 3. The second-order valence-corrected chi connectivity index (χ2v) is 20.8. The summed E-state index contributed by atoms with van der Waals surface area (Å²) in [6, 6.07) is 11.0. The maximum Gasteiger partial charge on any atom is 0.323 e. The van der Waals surface area contributed by atoms with E-state index in [1.165, 1.54) is 11.4 Å². The molecule has 1 heterocycles. The van der Waals surface area contributed by atoms with Crippen LogP contribution in [0.2, 0.25) is 0 Å². The van der Waals surface area contributed by atoms with Crippen molar-refractivity contribution in [2.24, 2.45) is 9.98 Å². The number of phenols is 3. The fourth-order valence-electron chi connectivity index (χ4n) is 6.33. The molecular formula is C45H65N3O6. The van der Waals surface area contributed by atoms with E-state index in [-0.39, 0.29) is 44.9 Å². The van der Waals surface area contributed by atoms with Crippen LogP contribution >= 0.6 is 0 Å². The number of aliphatic imine (C=N–C) groups is 2. The number of nitrogens with zero attached hydrogens (tertiary/aromatic N) is 3. The molecule has 0 spiro atoms. The van der Waals surface area contributed by atoms with Crippen molar-refractivity contribution in [3.63, 3.8) is 0 Å². The van der Waals surface area contributed by atoms with E-state index in [1.54, 1.807) is 0 Å².